The Hall–Kier alpha value is -2.47. The van der Waals surface area contributed by atoms with Crippen LogP contribution >= 0.6 is 0 Å². The minimum absolute atomic E-state index is 0.119. The Kier molecular flexibility index (Phi) is 3.95. The zero-order valence-corrected chi connectivity index (χ0v) is 10.7. The van der Waals surface area contributed by atoms with Gasteiger partial charge >= 0.3 is 5.69 Å². The zero-order chi connectivity index (χ0) is 14.7. The van der Waals surface area contributed by atoms with Crippen LogP contribution in [0.4, 0.5) is 10.1 Å². The fraction of sp³-hybridized carbons (Fsp3) is 0.143. The fourth-order valence-corrected chi connectivity index (χ4v) is 1.77. The average molecular weight is 277 g/mol. The number of ether oxygens (including phenoxy) is 1. The van der Waals surface area contributed by atoms with Gasteiger partial charge in [0, 0.05) is 6.07 Å². The second-order valence-corrected chi connectivity index (χ2v) is 4.19. The van der Waals surface area contributed by atoms with Gasteiger partial charge in [0.05, 0.1) is 11.5 Å². The van der Waals surface area contributed by atoms with E-state index >= 15 is 0 Å². The van der Waals surface area contributed by atoms with Crippen molar-refractivity contribution in [2.24, 2.45) is 0 Å². The highest BCUT2D eigenvalue weighted by molar-refractivity contribution is 5.49. The number of nitrogens with zero attached hydrogens (tertiary/aromatic N) is 1. The van der Waals surface area contributed by atoms with Crippen LogP contribution in [0, 0.1) is 22.9 Å². The predicted molar refractivity (Wildman–Crippen MR) is 70.2 cm³/mol. The quantitative estimate of drug-likeness (QED) is 0.687. The van der Waals surface area contributed by atoms with Crippen LogP contribution in [-0.4, -0.2) is 10.0 Å². The van der Waals surface area contributed by atoms with Crippen LogP contribution in [0.5, 0.6) is 11.5 Å². The molecule has 0 atom stereocenters. The number of hydrogen-bond donors (Lipinski definition) is 1. The van der Waals surface area contributed by atoms with Crippen molar-refractivity contribution in [1.82, 2.24) is 0 Å². The van der Waals surface area contributed by atoms with Crippen molar-refractivity contribution < 1.29 is 19.2 Å². The lowest BCUT2D eigenvalue weighted by atomic mass is 10.1. The number of nitro benzene ring substituents is 1. The van der Waals surface area contributed by atoms with E-state index in [2.05, 4.69) is 0 Å². The first kappa shape index (κ1) is 14.0. The third kappa shape index (κ3) is 2.75. The summed E-state index contributed by atoms with van der Waals surface area (Å²) in [7, 11) is 0. The molecule has 0 bridgehead atoms. The molecule has 0 spiro atoms. The number of halogens is 1. The number of aliphatic hydroxyl groups is 1. The van der Waals surface area contributed by atoms with Gasteiger partial charge in [0.1, 0.15) is 5.75 Å². The molecular weight excluding hydrogens is 265 g/mol. The first-order valence-electron chi connectivity index (χ1n) is 5.84. The smallest absolute Gasteiger partial charge is 0.314 e. The van der Waals surface area contributed by atoms with Crippen LogP contribution in [0.3, 0.4) is 0 Å². The van der Waals surface area contributed by atoms with E-state index in [1.54, 1.807) is 19.1 Å². The van der Waals surface area contributed by atoms with E-state index < -0.39 is 22.2 Å². The standard InChI is InChI=1S/C14H12FNO4/c1-9-7-11(6-5-10(9)8-17)20-14-12(15)3-2-4-13(14)16(18)19/h2-7,17H,8H2,1H3. The van der Waals surface area contributed by atoms with Crippen LogP contribution in [0.25, 0.3) is 0 Å². The lowest BCUT2D eigenvalue weighted by Gasteiger charge is -2.09. The molecule has 20 heavy (non-hydrogen) atoms. The highest BCUT2D eigenvalue weighted by atomic mass is 19.1. The monoisotopic (exact) mass is 277 g/mol. The van der Waals surface area contributed by atoms with Crippen molar-refractivity contribution in [3.8, 4) is 11.5 Å². The van der Waals surface area contributed by atoms with E-state index in [9.17, 15) is 14.5 Å². The van der Waals surface area contributed by atoms with E-state index in [1.165, 1.54) is 18.2 Å². The second kappa shape index (κ2) is 5.66. The van der Waals surface area contributed by atoms with Crippen molar-refractivity contribution >= 4 is 5.69 Å². The van der Waals surface area contributed by atoms with Gasteiger partial charge in [0.15, 0.2) is 5.82 Å². The number of rotatable bonds is 4. The van der Waals surface area contributed by atoms with E-state index in [-0.39, 0.29) is 12.4 Å². The minimum Gasteiger partial charge on any atom is -0.447 e. The molecule has 104 valence electrons. The SMILES string of the molecule is Cc1cc(Oc2c(F)cccc2[N+](=O)[O-])ccc1CO. The van der Waals surface area contributed by atoms with Crippen molar-refractivity contribution in [2.45, 2.75) is 13.5 Å². The van der Waals surface area contributed by atoms with Gasteiger partial charge in [0.25, 0.3) is 0 Å². The second-order valence-electron chi connectivity index (χ2n) is 4.19. The topological polar surface area (TPSA) is 72.6 Å². The van der Waals surface area contributed by atoms with E-state index in [1.807, 2.05) is 0 Å². The maximum Gasteiger partial charge on any atom is 0.314 e. The highest BCUT2D eigenvalue weighted by Gasteiger charge is 2.20. The summed E-state index contributed by atoms with van der Waals surface area (Å²) < 4.78 is 19.0. The van der Waals surface area contributed by atoms with E-state index in [0.29, 0.717) is 5.56 Å². The van der Waals surface area contributed by atoms with E-state index in [0.717, 1.165) is 11.6 Å². The van der Waals surface area contributed by atoms with Crippen molar-refractivity contribution in [3.05, 3.63) is 63.5 Å². The van der Waals surface area contributed by atoms with Gasteiger partial charge in [-0.1, -0.05) is 12.1 Å². The number of aliphatic hydroxyl groups excluding tert-OH is 1. The lowest BCUT2D eigenvalue weighted by Crippen LogP contribution is -1.97. The Bertz CT molecular complexity index is 658. The van der Waals surface area contributed by atoms with Gasteiger partial charge in [-0.3, -0.25) is 10.1 Å². The zero-order valence-electron chi connectivity index (χ0n) is 10.7. The number of aryl methyl sites for hydroxylation is 1. The Morgan fingerprint density at radius 2 is 2.10 bits per heavy atom. The average Bonchev–Trinajstić information content (AvgIpc) is 2.41. The summed E-state index contributed by atoms with van der Waals surface area (Å²) in [5.41, 5.74) is 1.03. The van der Waals surface area contributed by atoms with Crippen molar-refractivity contribution in [1.29, 1.82) is 0 Å². The molecule has 0 heterocycles. The molecule has 0 radical (unpaired) electrons. The van der Waals surface area contributed by atoms with Crippen LogP contribution in [0.2, 0.25) is 0 Å². The fourth-order valence-electron chi connectivity index (χ4n) is 1.77. The lowest BCUT2D eigenvalue weighted by molar-refractivity contribution is -0.385. The first-order valence-corrected chi connectivity index (χ1v) is 5.84. The molecule has 0 aliphatic carbocycles. The molecule has 6 heteroatoms. The van der Waals surface area contributed by atoms with Crippen molar-refractivity contribution in [2.75, 3.05) is 0 Å². The van der Waals surface area contributed by atoms with Crippen LogP contribution in [-0.2, 0) is 6.61 Å². The van der Waals surface area contributed by atoms with Gasteiger partial charge < -0.3 is 9.84 Å². The Morgan fingerprint density at radius 3 is 2.70 bits per heavy atom. The van der Waals surface area contributed by atoms with Gasteiger partial charge in [0.2, 0.25) is 5.75 Å². The van der Waals surface area contributed by atoms with Gasteiger partial charge in [-0.05, 0) is 36.2 Å². The highest BCUT2D eigenvalue weighted by Crippen LogP contribution is 2.34. The third-order valence-corrected chi connectivity index (χ3v) is 2.85. The van der Waals surface area contributed by atoms with Gasteiger partial charge in [-0.2, -0.15) is 0 Å². The summed E-state index contributed by atoms with van der Waals surface area (Å²) >= 11 is 0. The number of benzene rings is 2. The maximum absolute atomic E-state index is 13.7. The minimum atomic E-state index is -0.803. The molecule has 2 rings (SSSR count). The number of hydrogen-bond acceptors (Lipinski definition) is 4. The molecule has 0 aliphatic rings. The Balaban J connectivity index is 2.39. The Labute approximate surface area is 114 Å². The third-order valence-electron chi connectivity index (χ3n) is 2.85. The normalized spacial score (nSPS) is 10.3. The molecule has 2 aromatic carbocycles. The molecule has 0 unspecified atom stereocenters. The van der Waals surface area contributed by atoms with Gasteiger partial charge in [-0.25, -0.2) is 4.39 Å². The predicted octanol–water partition coefficient (Wildman–Crippen LogP) is 3.33. The molecular formula is C14H12FNO4. The molecule has 0 saturated carbocycles. The molecule has 1 N–H and O–H groups in total. The number of nitro groups is 1. The van der Waals surface area contributed by atoms with Gasteiger partial charge in [-0.15, -0.1) is 0 Å². The number of para-hydroxylation sites is 1. The molecule has 0 amide bonds. The Morgan fingerprint density at radius 1 is 1.35 bits per heavy atom. The molecule has 0 aromatic heterocycles. The summed E-state index contributed by atoms with van der Waals surface area (Å²) in [6.07, 6.45) is 0. The molecule has 0 saturated heterocycles. The van der Waals surface area contributed by atoms with Crippen LogP contribution in [0.1, 0.15) is 11.1 Å². The van der Waals surface area contributed by atoms with Crippen LogP contribution < -0.4 is 4.74 Å². The summed E-state index contributed by atoms with van der Waals surface area (Å²) in [6, 6.07) is 8.25. The maximum atomic E-state index is 13.7. The van der Waals surface area contributed by atoms with E-state index in [4.69, 9.17) is 9.84 Å². The summed E-state index contributed by atoms with van der Waals surface area (Å²) in [6.45, 7) is 1.64. The summed E-state index contributed by atoms with van der Waals surface area (Å²) in [5.74, 6) is -0.954. The first-order chi connectivity index (χ1) is 9.52. The summed E-state index contributed by atoms with van der Waals surface area (Å²) in [5, 5.41) is 19.9. The molecule has 0 fully saturated rings. The molecule has 5 nitrogen and oxygen atoms in total. The largest absolute Gasteiger partial charge is 0.447 e. The van der Waals surface area contributed by atoms with Crippen molar-refractivity contribution in [3.63, 3.8) is 0 Å². The van der Waals surface area contributed by atoms with Crippen LogP contribution in [0.15, 0.2) is 36.4 Å². The molecule has 2 aromatic rings. The molecule has 0 aliphatic heterocycles. The summed E-state index contributed by atoms with van der Waals surface area (Å²) in [4.78, 5) is 10.2.